The predicted molar refractivity (Wildman–Crippen MR) is 90.5 cm³/mol. The summed E-state index contributed by atoms with van der Waals surface area (Å²) in [7, 11) is 4.77. The van der Waals surface area contributed by atoms with Crippen LogP contribution in [0.2, 0.25) is 0 Å². The van der Waals surface area contributed by atoms with Crippen LogP contribution in [-0.2, 0) is 0 Å². The minimum absolute atomic E-state index is 0.558. The molecule has 0 bridgehead atoms. The zero-order chi connectivity index (χ0) is 16.7. The fraction of sp³-hybridized carbons (Fsp3) is 0.412. The van der Waals surface area contributed by atoms with Crippen LogP contribution in [0.1, 0.15) is 19.8 Å². The fourth-order valence-electron chi connectivity index (χ4n) is 2.28. The lowest BCUT2D eigenvalue weighted by Crippen LogP contribution is -2.05. The highest BCUT2D eigenvalue weighted by Crippen LogP contribution is 2.41. The molecule has 0 aliphatic rings. The van der Waals surface area contributed by atoms with Crippen molar-refractivity contribution in [1.82, 2.24) is 9.97 Å². The average molecular weight is 317 g/mol. The first kappa shape index (κ1) is 16.9. The van der Waals surface area contributed by atoms with Crippen molar-refractivity contribution in [3.05, 3.63) is 24.5 Å². The number of aromatic nitrogens is 2. The summed E-state index contributed by atoms with van der Waals surface area (Å²) in [5.74, 6) is 2.48. The van der Waals surface area contributed by atoms with E-state index in [4.69, 9.17) is 14.2 Å². The minimum atomic E-state index is 0.558. The van der Waals surface area contributed by atoms with E-state index < -0.39 is 0 Å². The number of rotatable bonds is 8. The largest absolute Gasteiger partial charge is 0.493 e. The molecule has 2 aromatic rings. The number of nitrogens with zero attached hydrogens (tertiary/aromatic N) is 2. The molecule has 0 unspecified atom stereocenters. The first-order valence-corrected chi connectivity index (χ1v) is 7.60. The standard InChI is InChI=1S/C17H23N3O3/c1-5-6-7-19-17-15(18-8-9-20-17)12-10-13(21-2)16(23-4)14(11-12)22-3/h8-11H,5-7H2,1-4H3,(H,19,20). The zero-order valence-corrected chi connectivity index (χ0v) is 14.0. The first-order valence-electron chi connectivity index (χ1n) is 7.60. The lowest BCUT2D eigenvalue weighted by Gasteiger charge is -2.15. The van der Waals surface area contributed by atoms with Gasteiger partial charge in [-0.2, -0.15) is 0 Å². The minimum Gasteiger partial charge on any atom is -0.493 e. The van der Waals surface area contributed by atoms with E-state index >= 15 is 0 Å². The molecule has 1 heterocycles. The van der Waals surface area contributed by atoms with Crippen LogP contribution in [0.3, 0.4) is 0 Å². The summed E-state index contributed by atoms with van der Waals surface area (Å²) in [5, 5.41) is 3.33. The number of hydrogen-bond donors (Lipinski definition) is 1. The van der Waals surface area contributed by atoms with E-state index in [-0.39, 0.29) is 0 Å². The van der Waals surface area contributed by atoms with Crippen molar-refractivity contribution in [2.75, 3.05) is 33.2 Å². The third kappa shape index (κ3) is 3.83. The molecular weight excluding hydrogens is 294 g/mol. The molecular formula is C17H23N3O3. The van der Waals surface area contributed by atoms with Gasteiger partial charge in [0.05, 0.1) is 21.3 Å². The normalized spacial score (nSPS) is 10.3. The third-order valence-electron chi connectivity index (χ3n) is 3.46. The highest BCUT2D eigenvalue weighted by molar-refractivity contribution is 5.75. The molecule has 0 saturated carbocycles. The number of unbranched alkanes of at least 4 members (excludes halogenated alkanes) is 1. The number of nitrogens with one attached hydrogen (secondary N) is 1. The molecule has 0 radical (unpaired) electrons. The smallest absolute Gasteiger partial charge is 0.203 e. The van der Waals surface area contributed by atoms with E-state index in [0.29, 0.717) is 17.2 Å². The Morgan fingerprint density at radius 1 is 0.957 bits per heavy atom. The molecule has 0 atom stereocenters. The molecule has 124 valence electrons. The summed E-state index contributed by atoms with van der Waals surface area (Å²) in [6.45, 7) is 3.01. The third-order valence-corrected chi connectivity index (χ3v) is 3.46. The molecule has 2 rings (SSSR count). The van der Waals surface area contributed by atoms with Crippen molar-refractivity contribution in [3.8, 4) is 28.5 Å². The van der Waals surface area contributed by atoms with Gasteiger partial charge in [-0.3, -0.25) is 4.98 Å². The van der Waals surface area contributed by atoms with E-state index in [0.717, 1.165) is 36.5 Å². The Labute approximate surface area is 136 Å². The molecule has 0 amide bonds. The number of ether oxygens (including phenoxy) is 3. The molecule has 0 aliphatic carbocycles. The summed E-state index contributed by atoms with van der Waals surface area (Å²) >= 11 is 0. The van der Waals surface area contributed by atoms with Crippen molar-refractivity contribution in [3.63, 3.8) is 0 Å². The Balaban J connectivity index is 2.45. The Morgan fingerprint density at radius 3 is 2.17 bits per heavy atom. The van der Waals surface area contributed by atoms with Gasteiger partial charge in [0, 0.05) is 24.5 Å². The Kier molecular flexibility index (Phi) is 6.02. The molecule has 1 aromatic carbocycles. The van der Waals surface area contributed by atoms with Crippen LogP contribution in [0.25, 0.3) is 11.3 Å². The van der Waals surface area contributed by atoms with Crippen LogP contribution < -0.4 is 19.5 Å². The van der Waals surface area contributed by atoms with Crippen LogP contribution in [0.4, 0.5) is 5.82 Å². The molecule has 0 saturated heterocycles. The van der Waals surface area contributed by atoms with Crippen molar-refractivity contribution < 1.29 is 14.2 Å². The number of anilines is 1. The Hall–Kier alpha value is -2.50. The Morgan fingerprint density at radius 2 is 1.61 bits per heavy atom. The molecule has 0 spiro atoms. The lowest BCUT2D eigenvalue weighted by molar-refractivity contribution is 0.324. The van der Waals surface area contributed by atoms with Crippen molar-refractivity contribution in [1.29, 1.82) is 0 Å². The molecule has 1 N–H and O–H groups in total. The van der Waals surface area contributed by atoms with Gasteiger partial charge < -0.3 is 19.5 Å². The molecule has 6 heteroatoms. The highest BCUT2D eigenvalue weighted by Gasteiger charge is 2.16. The first-order chi connectivity index (χ1) is 11.2. The van der Waals surface area contributed by atoms with E-state index in [1.165, 1.54) is 0 Å². The SMILES string of the molecule is CCCCNc1nccnc1-c1cc(OC)c(OC)c(OC)c1. The maximum Gasteiger partial charge on any atom is 0.203 e. The van der Waals surface area contributed by atoms with Crippen molar-refractivity contribution in [2.24, 2.45) is 0 Å². The van der Waals surface area contributed by atoms with Gasteiger partial charge in [-0.05, 0) is 18.6 Å². The van der Waals surface area contributed by atoms with Gasteiger partial charge in [0.1, 0.15) is 5.69 Å². The number of hydrogen-bond acceptors (Lipinski definition) is 6. The maximum absolute atomic E-state index is 5.41. The lowest BCUT2D eigenvalue weighted by atomic mass is 10.1. The van der Waals surface area contributed by atoms with E-state index in [1.807, 2.05) is 12.1 Å². The average Bonchev–Trinajstić information content (AvgIpc) is 2.61. The molecule has 23 heavy (non-hydrogen) atoms. The van der Waals surface area contributed by atoms with Gasteiger partial charge in [-0.25, -0.2) is 4.98 Å². The summed E-state index contributed by atoms with van der Waals surface area (Å²) < 4.78 is 16.2. The second kappa shape index (κ2) is 8.22. The van der Waals surface area contributed by atoms with Gasteiger partial charge in [0.15, 0.2) is 17.3 Å². The van der Waals surface area contributed by atoms with Crippen LogP contribution in [0.5, 0.6) is 17.2 Å². The second-order valence-corrected chi connectivity index (χ2v) is 4.95. The predicted octanol–water partition coefficient (Wildman–Crippen LogP) is 3.38. The van der Waals surface area contributed by atoms with E-state index in [9.17, 15) is 0 Å². The molecule has 0 fully saturated rings. The monoisotopic (exact) mass is 317 g/mol. The van der Waals surface area contributed by atoms with Gasteiger partial charge in [-0.15, -0.1) is 0 Å². The van der Waals surface area contributed by atoms with E-state index in [1.54, 1.807) is 33.7 Å². The molecule has 1 aromatic heterocycles. The highest BCUT2D eigenvalue weighted by atomic mass is 16.5. The molecule has 6 nitrogen and oxygen atoms in total. The van der Waals surface area contributed by atoms with Crippen LogP contribution in [0.15, 0.2) is 24.5 Å². The van der Waals surface area contributed by atoms with Gasteiger partial charge in [0.25, 0.3) is 0 Å². The van der Waals surface area contributed by atoms with Gasteiger partial charge in [-0.1, -0.05) is 13.3 Å². The van der Waals surface area contributed by atoms with Crippen molar-refractivity contribution in [2.45, 2.75) is 19.8 Å². The van der Waals surface area contributed by atoms with E-state index in [2.05, 4.69) is 22.2 Å². The quantitative estimate of drug-likeness (QED) is 0.753. The van der Waals surface area contributed by atoms with Crippen LogP contribution in [0, 0.1) is 0 Å². The fourth-order valence-corrected chi connectivity index (χ4v) is 2.28. The zero-order valence-electron chi connectivity index (χ0n) is 14.0. The number of benzene rings is 1. The summed E-state index contributed by atoms with van der Waals surface area (Å²) in [6.07, 6.45) is 5.54. The van der Waals surface area contributed by atoms with Gasteiger partial charge in [0.2, 0.25) is 5.75 Å². The van der Waals surface area contributed by atoms with Crippen LogP contribution in [-0.4, -0.2) is 37.8 Å². The maximum atomic E-state index is 5.41. The van der Waals surface area contributed by atoms with Crippen LogP contribution >= 0.6 is 0 Å². The second-order valence-electron chi connectivity index (χ2n) is 4.95. The van der Waals surface area contributed by atoms with Crippen molar-refractivity contribution >= 4 is 5.82 Å². The summed E-state index contributed by atoms with van der Waals surface area (Å²) in [6, 6.07) is 3.74. The van der Waals surface area contributed by atoms with Gasteiger partial charge >= 0.3 is 0 Å². The number of methoxy groups -OCH3 is 3. The summed E-state index contributed by atoms with van der Waals surface area (Å²) in [5.41, 5.74) is 1.61. The molecule has 0 aliphatic heterocycles. The topological polar surface area (TPSA) is 65.5 Å². The Bertz CT molecular complexity index is 622. The summed E-state index contributed by atoms with van der Waals surface area (Å²) in [4.78, 5) is 8.85.